The lowest BCUT2D eigenvalue weighted by molar-refractivity contribution is 0.614. The van der Waals surface area contributed by atoms with Gasteiger partial charge in [0.05, 0.1) is 15.2 Å². The maximum absolute atomic E-state index is 13.7. The van der Waals surface area contributed by atoms with E-state index in [9.17, 15) is 4.39 Å². The fraction of sp³-hybridized carbons (Fsp3) is 0.235. The molecule has 0 radical (unpaired) electrons. The zero-order valence-electron chi connectivity index (χ0n) is 12.3. The maximum Gasteiger partial charge on any atom is 0.126 e. The number of benzene rings is 2. The molecule has 0 aliphatic heterocycles. The normalized spacial score (nSPS) is 12.6. The Kier molecular flexibility index (Phi) is 3.64. The zero-order chi connectivity index (χ0) is 15.0. The first-order chi connectivity index (χ1) is 10.0. The summed E-state index contributed by atoms with van der Waals surface area (Å²) in [5, 5.41) is 4.48. The van der Waals surface area contributed by atoms with Gasteiger partial charge in [-0.15, -0.1) is 11.3 Å². The predicted octanol–water partition coefficient (Wildman–Crippen LogP) is 5.23. The van der Waals surface area contributed by atoms with Crippen LogP contribution in [0.25, 0.3) is 10.2 Å². The van der Waals surface area contributed by atoms with Crippen molar-refractivity contribution in [2.24, 2.45) is 0 Å². The predicted molar refractivity (Wildman–Crippen MR) is 87.5 cm³/mol. The summed E-state index contributed by atoms with van der Waals surface area (Å²) < 4.78 is 14.8. The van der Waals surface area contributed by atoms with E-state index in [-0.39, 0.29) is 11.9 Å². The number of thiazole rings is 1. The Balaban J connectivity index is 1.84. The zero-order valence-corrected chi connectivity index (χ0v) is 13.1. The van der Waals surface area contributed by atoms with E-state index >= 15 is 0 Å². The van der Waals surface area contributed by atoms with Crippen LogP contribution in [0, 0.1) is 19.7 Å². The molecule has 0 saturated carbocycles. The maximum atomic E-state index is 13.7. The van der Waals surface area contributed by atoms with Gasteiger partial charge in [0, 0.05) is 11.7 Å². The van der Waals surface area contributed by atoms with Crippen molar-refractivity contribution in [1.29, 1.82) is 0 Å². The average Bonchev–Trinajstić information content (AvgIpc) is 2.81. The van der Waals surface area contributed by atoms with Gasteiger partial charge >= 0.3 is 0 Å². The third kappa shape index (κ3) is 2.90. The highest BCUT2D eigenvalue weighted by molar-refractivity contribution is 7.18. The molecule has 1 N–H and O–H groups in total. The van der Waals surface area contributed by atoms with E-state index in [1.54, 1.807) is 24.3 Å². The van der Waals surface area contributed by atoms with Crippen molar-refractivity contribution >= 4 is 27.2 Å². The molecule has 2 aromatic carbocycles. The van der Waals surface area contributed by atoms with Gasteiger partial charge in [0.2, 0.25) is 0 Å². The highest BCUT2D eigenvalue weighted by Gasteiger charge is 2.09. The Morgan fingerprint density at radius 1 is 1.14 bits per heavy atom. The van der Waals surface area contributed by atoms with Crippen molar-refractivity contribution in [2.75, 3.05) is 5.32 Å². The van der Waals surface area contributed by atoms with Crippen LogP contribution in [0.15, 0.2) is 36.4 Å². The van der Waals surface area contributed by atoms with Crippen molar-refractivity contribution < 1.29 is 4.39 Å². The number of fused-ring (bicyclic) bond motifs is 1. The summed E-state index contributed by atoms with van der Waals surface area (Å²) in [5.41, 5.74) is 3.67. The molecule has 2 nitrogen and oxygen atoms in total. The number of rotatable bonds is 3. The first kappa shape index (κ1) is 14.0. The molecule has 0 aliphatic carbocycles. The molecule has 1 atom stereocenters. The number of aromatic nitrogens is 1. The lowest BCUT2D eigenvalue weighted by Gasteiger charge is -2.16. The van der Waals surface area contributed by atoms with Crippen molar-refractivity contribution in [3.8, 4) is 0 Å². The van der Waals surface area contributed by atoms with Crippen LogP contribution in [0.5, 0.6) is 0 Å². The minimum atomic E-state index is -0.158. The van der Waals surface area contributed by atoms with Crippen LogP contribution in [0.2, 0.25) is 0 Å². The molecule has 1 heterocycles. The molecule has 0 bridgehead atoms. The molecule has 0 aliphatic rings. The van der Waals surface area contributed by atoms with Gasteiger partial charge in [-0.1, -0.05) is 12.1 Å². The van der Waals surface area contributed by atoms with Crippen LogP contribution >= 0.6 is 11.3 Å². The van der Waals surface area contributed by atoms with E-state index in [0.29, 0.717) is 5.56 Å². The first-order valence-electron chi connectivity index (χ1n) is 6.93. The minimum absolute atomic E-state index is 0.0477. The van der Waals surface area contributed by atoms with Gasteiger partial charge in [0.1, 0.15) is 5.82 Å². The monoisotopic (exact) mass is 300 g/mol. The average molecular weight is 300 g/mol. The summed E-state index contributed by atoms with van der Waals surface area (Å²) >= 11 is 1.68. The third-order valence-corrected chi connectivity index (χ3v) is 4.51. The molecule has 0 spiro atoms. The van der Waals surface area contributed by atoms with Crippen LogP contribution in [-0.2, 0) is 0 Å². The molecular weight excluding hydrogens is 283 g/mol. The smallest absolute Gasteiger partial charge is 0.126 e. The lowest BCUT2D eigenvalue weighted by Crippen LogP contribution is -2.07. The fourth-order valence-electron chi connectivity index (χ4n) is 2.34. The van der Waals surface area contributed by atoms with Gasteiger partial charge in [-0.2, -0.15) is 0 Å². The van der Waals surface area contributed by atoms with Crippen molar-refractivity contribution in [3.05, 3.63) is 58.3 Å². The quantitative estimate of drug-likeness (QED) is 0.717. The van der Waals surface area contributed by atoms with Gasteiger partial charge in [0.15, 0.2) is 0 Å². The van der Waals surface area contributed by atoms with Crippen molar-refractivity contribution in [2.45, 2.75) is 26.8 Å². The molecule has 0 saturated heterocycles. The Bertz CT molecular complexity index is 795. The number of aryl methyl sites for hydroxylation is 2. The number of halogens is 1. The SMILES string of the molecule is Cc1nc2ccc(NC(C)c3ccc(C)c(F)c3)cc2s1. The highest BCUT2D eigenvalue weighted by Crippen LogP contribution is 2.27. The van der Waals surface area contributed by atoms with Crippen LogP contribution in [0.1, 0.15) is 29.1 Å². The summed E-state index contributed by atoms with van der Waals surface area (Å²) in [6.45, 7) is 5.82. The Morgan fingerprint density at radius 2 is 1.95 bits per heavy atom. The molecule has 3 aromatic rings. The van der Waals surface area contributed by atoms with Gasteiger partial charge in [-0.25, -0.2) is 9.37 Å². The second-order valence-electron chi connectivity index (χ2n) is 5.29. The van der Waals surface area contributed by atoms with Crippen molar-refractivity contribution in [3.63, 3.8) is 0 Å². The fourth-order valence-corrected chi connectivity index (χ4v) is 3.21. The molecule has 21 heavy (non-hydrogen) atoms. The number of hydrogen-bond donors (Lipinski definition) is 1. The van der Waals surface area contributed by atoms with Gasteiger partial charge in [0.25, 0.3) is 0 Å². The molecule has 1 unspecified atom stereocenters. The number of nitrogens with zero attached hydrogens (tertiary/aromatic N) is 1. The Labute approximate surface area is 127 Å². The number of anilines is 1. The van der Waals surface area contributed by atoms with E-state index in [4.69, 9.17) is 0 Å². The van der Waals surface area contributed by atoms with E-state index in [2.05, 4.69) is 16.4 Å². The van der Waals surface area contributed by atoms with Gasteiger partial charge in [-0.3, -0.25) is 0 Å². The number of nitrogens with one attached hydrogen (secondary N) is 1. The third-order valence-electron chi connectivity index (χ3n) is 3.57. The highest BCUT2D eigenvalue weighted by atomic mass is 32.1. The van der Waals surface area contributed by atoms with Crippen LogP contribution in [0.4, 0.5) is 10.1 Å². The molecule has 0 amide bonds. The van der Waals surface area contributed by atoms with Crippen LogP contribution in [-0.4, -0.2) is 4.98 Å². The second kappa shape index (κ2) is 5.45. The summed E-state index contributed by atoms with van der Waals surface area (Å²) in [6.07, 6.45) is 0. The van der Waals surface area contributed by atoms with E-state index in [1.165, 1.54) is 4.70 Å². The molecule has 4 heteroatoms. The topological polar surface area (TPSA) is 24.9 Å². The van der Waals surface area contributed by atoms with E-state index in [0.717, 1.165) is 21.8 Å². The number of hydrogen-bond acceptors (Lipinski definition) is 3. The second-order valence-corrected chi connectivity index (χ2v) is 6.52. The van der Waals surface area contributed by atoms with Gasteiger partial charge in [-0.05, 0) is 56.2 Å². The van der Waals surface area contributed by atoms with E-state index in [1.807, 2.05) is 38.1 Å². The summed E-state index contributed by atoms with van der Waals surface area (Å²) in [6, 6.07) is 11.6. The van der Waals surface area contributed by atoms with Crippen LogP contribution in [0.3, 0.4) is 0 Å². The largest absolute Gasteiger partial charge is 0.378 e. The molecule has 3 rings (SSSR count). The standard InChI is InChI=1S/C17H17FN2S/c1-10-4-5-13(8-15(10)18)11(2)19-14-6-7-16-17(9-14)21-12(3)20-16/h4-9,11,19H,1-3H3. The lowest BCUT2D eigenvalue weighted by atomic mass is 10.1. The summed E-state index contributed by atoms with van der Waals surface area (Å²) in [7, 11) is 0. The minimum Gasteiger partial charge on any atom is -0.378 e. The van der Waals surface area contributed by atoms with Gasteiger partial charge < -0.3 is 5.32 Å². The van der Waals surface area contributed by atoms with Crippen molar-refractivity contribution in [1.82, 2.24) is 4.98 Å². The van der Waals surface area contributed by atoms with E-state index < -0.39 is 0 Å². The molecule has 1 aromatic heterocycles. The molecular formula is C17H17FN2S. The van der Waals surface area contributed by atoms with Crippen LogP contribution < -0.4 is 5.32 Å². The summed E-state index contributed by atoms with van der Waals surface area (Å²) in [4.78, 5) is 4.45. The Hall–Kier alpha value is -1.94. The summed E-state index contributed by atoms with van der Waals surface area (Å²) in [5.74, 6) is -0.158. The molecule has 108 valence electrons. The Morgan fingerprint density at radius 3 is 2.71 bits per heavy atom. The first-order valence-corrected chi connectivity index (χ1v) is 7.74. The molecule has 0 fully saturated rings.